The molecule has 2 aromatic rings. The SMILES string of the molecule is Cc1cc(Cl)ccc1CNC(C)c1ccc(Cl)s1. The number of aryl methyl sites for hydroxylation is 1. The lowest BCUT2D eigenvalue weighted by Crippen LogP contribution is -2.17. The third-order valence-electron chi connectivity index (χ3n) is 2.92. The van der Waals surface area contributed by atoms with Crippen LogP contribution in [0.5, 0.6) is 0 Å². The molecule has 4 heteroatoms. The minimum Gasteiger partial charge on any atom is -0.305 e. The Balaban J connectivity index is 1.99. The number of benzene rings is 1. The molecule has 0 aliphatic carbocycles. The van der Waals surface area contributed by atoms with Gasteiger partial charge in [-0.2, -0.15) is 0 Å². The van der Waals surface area contributed by atoms with E-state index in [4.69, 9.17) is 23.2 Å². The second-order valence-corrected chi connectivity index (χ2v) is 6.50. The van der Waals surface area contributed by atoms with Crippen LogP contribution in [-0.2, 0) is 6.54 Å². The predicted octanol–water partition coefficient (Wildman–Crippen LogP) is 5.21. The lowest BCUT2D eigenvalue weighted by molar-refractivity contribution is 0.581. The molecule has 0 fully saturated rings. The van der Waals surface area contributed by atoms with Crippen LogP contribution in [0.3, 0.4) is 0 Å². The van der Waals surface area contributed by atoms with E-state index in [0.29, 0.717) is 6.04 Å². The van der Waals surface area contributed by atoms with Crippen LogP contribution in [-0.4, -0.2) is 0 Å². The molecule has 1 nitrogen and oxygen atoms in total. The van der Waals surface area contributed by atoms with Crippen LogP contribution in [0.2, 0.25) is 9.36 Å². The van der Waals surface area contributed by atoms with Crippen LogP contribution < -0.4 is 5.32 Å². The lowest BCUT2D eigenvalue weighted by Gasteiger charge is -2.13. The molecule has 0 aliphatic rings. The summed E-state index contributed by atoms with van der Waals surface area (Å²) in [6, 6.07) is 10.3. The van der Waals surface area contributed by atoms with Gasteiger partial charge in [-0.05, 0) is 49.2 Å². The normalized spacial score (nSPS) is 12.7. The van der Waals surface area contributed by atoms with E-state index in [1.165, 1.54) is 16.0 Å². The molecule has 2 rings (SSSR count). The Hall–Kier alpha value is -0.540. The van der Waals surface area contributed by atoms with Gasteiger partial charge in [0.2, 0.25) is 0 Å². The van der Waals surface area contributed by atoms with Crippen molar-refractivity contribution in [2.45, 2.75) is 26.4 Å². The predicted molar refractivity (Wildman–Crippen MR) is 80.8 cm³/mol. The van der Waals surface area contributed by atoms with Crippen LogP contribution >= 0.6 is 34.5 Å². The monoisotopic (exact) mass is 299 g/mol. The number of halogens is 2. The smallest absolute Gasteiger partial charge is 0.0931 e. The van der Waals surface area contributed by atoms with Gasteiger partial charge in [0.25, 0.3) is 0 Å². The number of nitrogens with one attached hydrogen (secondary N) is 1. The van der Waals surface area contributed by atoms with E-state index in [1.807, 2.05) is 18.2 Å². The molecule has 0 spiro atoms. The maximum absolute atomic E-state index is 5.94. The zero-order valence-electron chi connectivity index (χ0n) is 10.3. The van der Waals surface area contributed by atoms with E-state index >= 15 is 0 Å². The highest BCUT2D eigenvalue weighted by Gasteiger charge is 2.08. The van der Waals surface area contributed by atoms with Crippen molar-refractivity contribution in [2.24, 2.45) is 0 Å². The number of hydrogen-bond acceptors (Lipinski definition) is 2. The largest absolute Gasteiger partial charge is 0.305 e. The summed E-state index contributed by atoms with van der Waals surface area (Å²) < 4.78 is 0.835. The quantitative estimate of drug-likeness (QED) is 0.817. The molecule has 0 radical (unpaired) electrons. The second-order valence-electron chi connectivity index (χ2n) is 4.32. The van der Waals surface area contributed by atoms with Gasteiger partial charge < -0.3 is 5.32 Å². The van der Waals surface area contributed by atoms with E-state index in [1.54, 1.807) is 11.3 Å². The molecule has 18 heavy (non-hydrogen) atoms. The first-order chi connectivity index (χ1) is 8.56. The molecule has 96 valence electrons. The van der Waals surface area contributed by atoms with Gasteiger partial charge in [0, 0.05) is 22.5 Å². The Bertz CT molecular complexity index is 536. The molecular weight excluding hydrogens is 285 g/mol. The summed E-state index contributed by atoms with van der Waals surface area (Å²) in [7, 11) is 0. The van der Waals surface area contributed by atoms with E-state index in [2.05, 4.69) is 31.3 Å². The van der Waals surface area contributed by atoms with Gasteiger partial charge >= 0.3 is 0 Å². The van der Waals surface area contributed by atoms with E-state index < -0.39 is 0 Å². The zero-order chi connectivity index (χ0) is 13.1. The molecule has 0 saturated carbocycles. The van der Waals surface area contributed by atoms with Gasteiger partial charge in [-0.1, -0.05) is 29.3 Å². The Labute approximate surface area is 122 Å². The average Bonchev–Trinajstić information content (AvgIpc) is 2.74. The molecule has 1 N–H and O–H groups in total. The van der Waals surface area contributed by atoms with Crippen LogP contribution in [0.4, 0.5) is 0 Å². The first-order valence-electron chi connectivity index (χ1n) is 5.80. The molecule has 0 amide bonds. The van der Waals surface area contributed by atoms with Crippen LogP contribution in [0.15, 0.2) is 30.3 Å². The van der Waals surface area contributed by atoms with Gasteiger partial charge in [0.1, 0.15) is 0 Å². The Morgan fingerprint density at radius 1 is 1.22 bits per heavy atom. The van der Waals surface area contributed by atoms with E-state index in [0.717, 1.165) is 15.9 Å². The fraction of sp³-hybridized carbons (Fsp3) is 0.286. The summed E-state index contributed by atoms with van der Waals surface area (Å²) in [6.45, 7) is 5.06. The Kier molecular flexibility index (Phi) is 4.68. The van der Waals surface area contributed by atoms with Gasteiger partial charge in [-0.25, -0.2) is 0 Å². The fourth-order valence-electron chi connectivity index (χ4n) is 1.78. The summed E-state index contributed by atoms with van der Waals surface area (Å²) in [5, 5.41) is 4.28. The Morgan fingerprint density at radius 2 is 2.00 bits per heavy atom. The van der Waals surface area contributed by atoms with Gasteiger partial charge in [-0.3, -0.25) is 0 Å². The summed E-state index contributed by atoms with van der Waals surface area (Å²) in [5.74, 6) is 0. The number of thiophene rings is 1. The lowest BCUT2D eigenvalue weighted by atomic mass is 10.1. The van der Waals surface area contributed by atoms with Crippen molar-refractivity contribution in [3.05, 3.63) is 55.7 Å². The highest BCUT2D eigenvalue weighted by atomic mass is 35.5. The molecule has 0 bridgehead atoms. The van der Waals surface area contributed by atoms with Gasteiger partial charge in [0.05, 0.1) is 4.34 Å². The minimum absolute atomic E-state index is 0.303. The van der Waals surface area contributed by atoms with Crippen molar-refractivity contribution < 1.29 is 0 Å². The topological polar surface area (TPSA) is 12.0 Å². The Morgan fingerprint density at radius 3 is 2.61 bits per heavy atom. The maximum Gasteiger partial charge on any atom is 0.0931 e. The molecular formula is C14H15Cl2NS. The molecule has 0 saturated heterocycles. The highest BCUT2D eigenvalue weighted by Crippen LogP contribution is 2.27. The number of hydrogen-bond donors (Lipinski definition) is 1. The van der Waals surface area contributed by atoms with Gasteiger partial charge in [0.15, 0.2) is 0 Å². The number of rotatable bonds is 4. The van der Waals surface area contributed by atoms with Crippen LogP contribution in [0.25, 0.3) is 0 Å². The summed E-state index contributed by atoms with van der Waals surface area (Å²) in [5.41, 5.74) is 2.49. The average molecular weight is 300 g/mol. The maximum atomic E-state index is 5.94. The summed E-state index contributed by atoms with van der Waals surface area (Å²) >= 11 is 13.5. The van der Waals surface area contributed by atoms with Crippen molar-refractivity contribution in [1.82, 2.24) is 5.32 Å². The van der Waals surface area contributed by atoms with Crippen molar-refractivity contribution in [3.8, 4) is 0 Å². The van der Waals surface area contributed by atoms with Crippen molar-refractivity contribution in [3.63, 3.8) is 0 Å². The van der Waals surface area contributed by atoms with E-state index in [-0.39, 0.29) is 0 Å². The molecule has 1 heterocycles. The summed E-state index contributed by atoms with van der Waals surface area (Å²) in [4.78, 5) is 1.26. The van der Waals surface area contributed by atoms with Crippen molar-refractivity contribution >= 4 is 34.5 Å². The molecule has 1 atom stereocenters. The molecule has 0 aliphatic heterocycles. The summed E-state index contributed by atoms with van der Waals surface area (Å²) in [6.07, 6.45) is 0. The van der Waals surface area contributed by atoms with Crippen molar-refractivity contribution in [2.75, 3.05) is 0 Å². The second kappa shape index (κ2) is 6.07. The van der Waals surface area contributed by atoms with Crippen molar-refractivity contribution in [1.29, 1.82) is 0 Å². The first-order valence-corrected chi connectivity index (χ1v) is 7.37. The fourth-order valence-corrected chi connectivity index (χ4v) is 3.10. The zero-order valence-corrected chi connectivity index (χ0v) is 12.7. The highest BCUT2D eigenvalue weighted by molar-refractivity contribution is 7.16. The third-order valence-corrected chi connectivity index (χ3v) is 4.57. The standard InChI is InChI=1S/C14H15Cl2NS/c1-9-7-12(15)4-3-11(9)8-17-10(2)13-5-6-14(16)18-13/h3-7,10,17H,8H2,1-2H3. The van der Waals surface area contributed by atoms with E-state index in [9.17, 15) is 0 Å². The molecule has 1 aromatic carbocycles. The first kappa shape index (κ1) is 13.9. The third kappa shape index (κ3) is 3.48. The van der Waals surface area contributed by atoms with Gasteiger partial charge in [-0.15, -0.1) is 11.3 Å². The minimum atomic E-state index is 0.303. The van der Waals surface area contributed by atoms with Crippen LogP contribution in [0.1, 0.15) is 29.0 Å². The van der Waals surface area contributed by atoms with Crippen LogP contribution in [0, 0.1) is 6.92 Å². The molecule has 1 aromatic heterocycles. The molecule has 1 unspecified atom stereocenters.